The minimum atomic E-state index is -0.679. The van der Waals surface area contributed by atoms with Gasteiger partial charge in [0.25, 0.3) is 0 Å². The molecule has 240 valence electrons. The van der Waals surface area contributed by atoms with Crippen LogP contribution in [0.3, 0.4) is 0 Å². The van der Waals surface area contributed by atoms with Gasteiger partial charge in [-0.3, -0.25) is 4.79 Å². The number of urea groups is 1. The van der Waals surface area contributed by atoms with Crippen LogP contribution in [0.15, 0.2) is 48.5 Å². The van der Waals surface area contributed by atoms with E-state index in [9.17, 15) is 18.8 Å². The summed E-state index contributed by atoms with van der Waals surface area (Å²) < 4.78 is 20.6. The van der Waals surface area contributed by atoms with Crippen molar-refractivity contribution in [2.75, 3.05) is 31.5 Å². The number of benzene rings is 2. The Morgan fingerprint density at radius 3 is 2.51 bits per heavy atom. The van der Waals surface area contributed by atoms with Crippen molar-refractivity contribution < 1.29 is 23.5 Å². The molecule has 2 fully saturated rings. The van der Waals surface area contributed by atoms with E-state index in [4.69, 9.17) is 4.74 Å². The van der Waals surface area contributed by atoms with Crippen LogP contribution in [0.1, 0.15) is 45.6 Å². The molecule has 0 saturated carbocycles. The molecule has 13 heteroatoms. The number of carbonyl (C=O) groups excluding carboxylic acids is 3. The second-order valence-corrected chi connectivity index (χ2v) is 12.9. The van der Waals surface area contributed by atoms with Gasteiger partial charge in [0.05, 0.1) is 5.92 Å². The smallest absolute Gasteiger partial charge is 0.410 e. The van der Waals surface area contributed by atoms with Crippen molar-refractivity contribution in [3.05, 3.63) is 59.9 Å². The summed E-state index contributed by atoms with van der Waals surface area (Å²) in [5.74, 6) is -0.251. The molecule has 3 atom stereocenters. The molecule has 3 aromatic rings. The number of rotatable bonds is 6. The minimum Gasteiger partial charge on any atom is -0.444 e. The molecule has 2 N–H and O–H groups in total. The summed E-state index contributed by atoms with van der Waals surface area (Å²) in [5.41, 5.74) is 1.63. The Hall–Kier alpha value is -4.55. The van der Waals surface area contributed by atoms with Crippen molar-refractivity contribution in [3.63, 3.8) is 0 Å². The molecule has 12 nitrogen and oxygen atoms in total. The SMILES string of the molecule is Cn1nnnc1-c1cccc(NC(=O)N[C@@H]2CCN(C(=O)OC(C)(C)C)C[C@H]2C(=O)N2CCCC(Cc3ccc(F)cc3)C2)c1. The Morgan fingerprint density at radius 1 is 1.02 bits per heavy atom. The molecular weight excluding hydrogens is 579 g/mol. The summed E-state index contributed by atoms with van der Waals surface area (Å²) >= 11 is 0. The molecule has 0 bridgehead atoms. The summed E-state index contributed by atoms with van der Waals surface area (Å²) in [4.78, 5) is 43.8. The van der Waals surface area contributed by atoms with Gasteiger partial charge in [-0.25, -0.2) is 18.7 Å². The molecule has 1 aromatic heterocycles. The fourth-order valence-electron chi connectivity index (χ4n) is 6.03. The van der Waals surface area contributed by atoms with E-state index in [1.54, 1.807) is 67.7 Å². The third-order valence-corrected chi connectivity index (χ3v) is 8.17. The third kappa shape index (κ3) is 8.34. The molecule has 45 heavy (non-hydrogen) atoms. The molecule has 2 aliphatic heterocycles. The van der Waals surface area contributed by atoms with E-state index >= 15 is 0 Å². The first-order valence-corrected chi connectivity index (χ1v) is 15.4. The first-order valence-electron chi connectivity index (χ1n) is 15.4. The fourth-order valence-corrected chi connectivity index (χ4v) is 6.03. The molecule has 0 aliphatic carbocycles. The monoisotopic (exact) mass is 620 g/mol. The molecule has 0 spiro atoms. The van der Waals surface area contributed by atoms with Gasteiger partial charge < -0.3 is 25.2 Å². The van der Waals surface area contributed by atoms with Crippen LogP contribution in [0.25, 0.3) is 11.4 Å². The lowest BCUT2D eigenvalue weighted by Gasteiger charge is -2.42. The van der Waals surface area contributed by atoms with Gasteiger partial charge in [-0.05, 0) is 92.6 Å². The number of anilines is 1. The molecule has 2 aliphatic rings. The highest BCUT2D eigenvalue weighted by Crippen LogP contribution is 2.27. The summed E-state index contributed by atoms with van der Waals surface area (Å²) in [5, 5.41) is 17.4. The Labute approximate surface area is 262 Å². The van der Waals surface area contributed by atoms with Crippen molar-refractivity contribution in [1.29, 1.82) is 0 Å². The molecule has 2 saturated heterocycles. The maximum absolute atomic E-state index is 14.1. The third-order valence-electron chi connectivity index (χ3n) is 8.17. The van der Waals surface area contributed by atoms with E-state index in [1.165, 1.54) is 12.1 Å². The Morgan fingerprint density at radius 2 is 1.80 bits per heavy atom. The van der Waals surface area contributed by atoms with Crippen LogP contribution < -0.4 is 10.6 Å². The molecule has 5 rings (SSSR count). The maximum atomic E-state index is 14.1. The zero-order valence-electron chi connectivity index (χ0n) is 26.2. The van der Waals surface area contributed by atoms with E-state index in [1.807, 2.05) is 11.0 Å². The standard InChI is InChI=1S/C32H41FN8O4/c1-32(2,3)45-31(44)41-16-14-27(35-30(43)34-25-9-5-8-23(18-25)28-36-37-38-39(28)4)26(20-41)29(42)40-15-6-7-22(19-40)17-21-10-12-24(33)13-11-21/h5,8-13,18,22,26-27H,6-7,14-17,19-20H2,1-4H3,(H2,34,35,43)/t22?,26-,27-/m1/s1. The van der Waals surface area contributed by atoms with Gasteiger partial charge >= 0.3 is 12.1 Å². The van der Waals surface area contributed by atoms with Crippen LogP contribution in [0.2, 0.25) is 0 Å². The van der Waals surface area contributed by atoms with E-state index in [-0.39, 0.29) is 24.2 Å². The van der Waals surface area contributed by atoms with Crippen molar-refractivity contribution in [3.8, 4) is 11.4 Å². The van der Waals surface area contributed by atoms with E-state index < -0.39 is 29.7 Å². The number of nitrogens with one attached hydrogen (secondary N) is 2. The first kappa shape index (κ1) is 31.9. The number of tetrazole rings is 1. The highest BCUT2D eigenvalue weighted by atomic mass is 19.1. The zero-order valence-corrected chi connectivity index (χ0v) is 26.2. The normalized spacial score (nSPS) is 20.4. The summed E-state index contributed by atoms with van der Waals surface area (Å²) in [6.07, 6.45) is 2.46. The average Bonchev–Trinajstić information content (AvgIpc) is 3.43. The number of hydrogen-bond acceptors (Lipinski definition) is 7. The van der Waals surface area contributed by atoms with Gasteiger partial charge in [0.15, 0.2) is 5.82 Å². The minimum absolute atomic E-state index is 0.103. The van der Waals surface area contributed by atoms with Crippen molar-refractivity contribution >= 4 is 23.7 Å². The second-order valence-electron chi connectivity index (χ2n) is 12.9. The Bertz CT molecular complexity index is 1510. The molecular formula is C32H41FN8O4. The molecule has 3 heterocycles. The number of ether oxygens (including phenoxy) is 1. The number of aromatic nitrogens is 4. The van der Waals surface area contributed by atoms with Gasteiger partial charge in [-0.2, -0.15) is 0 Å². The van der Waals surface area contributed by atoms with Gasteiger partial charge in [0.2, 0.25) is 5.91 Å². The number of nitrogens with zero attached hydrogens (tertiary/aromatic N) is 6. The number of amides is 4. The zero-order chi connectivity index (χ0) is 32.1. The average molecular weight is 621 g/mol. The lowest BCUT2D eigenvalue weighted by atomic mass is 9.87. The number of hydrogen-bond donors (Lipinski definition) is 2. The van der Waals surface area contributed by atoms with Gasteiger partial charge in [-0.1, -0.05) is 24.3 Å². The number of halogens is 1. The van der Waals surface area contributed by atoms with Crippen LogP contribution in [0.4, 0.5) is 19.7 Å². The first-order chi connectivity index (χ1) is 21.4. The summed E-state index contributed by atoms with van der Waals surface area (Å²) in [6.45, 7) is 7.04. The second kappa shape index (κ2) is 13.6. The largest absolute Gasteiger partial charge is 0.444 e. The maximum Gasteiger partial charge on any atom is 0.410 e. The van der Waals surface area contributed by atoms with Gasteiger partial charge in [-0.15, -0.1) is 5.10 Å². The van der Waals surface area contributed by atoms with Crippen molar-refractivity contribution in [2.24, 2.45) is 18.9 Å². The number of piperidine rings is 2. The molecule has 1 unspecified atom stereocenters. The van der Waals surface area contributed by atoms with Crippen LogP contribution >= 0.6 is 0 Å². The van der Waals surface area contributed by atoms with Crippen molar-refractivity contribution in [1.82, 2.24) is 35.3 Å². The van der Waals surface area contributed by atoms with Gasteiger partial charge in [0.1, 0.15) is 11.4 Å². The molecule has 0 radical (unpaired) electrons. The lowest BCUT2D eigenvalue weighted by Crippen LogP contribution is -2.59. The van der Waals surface area contributed by atoms with Crippen LogP contribution in [-0.4, -0.2) is 85.9 Å². The van der Waals surface area contributed by atoms with E-state index in [0.717, 1.165) is 30.4 Å². The molecule has 2 aromatic carbocycles. The van der Waals surface area contributed by atoms with Crippen LogP contribution in [0.5, 0.6) is 0 Å². The Kier molecular flexibility index (Phi) is 9.64. The topological polar surface area (TPSA) is 135 Å². The van der Waals surface area contributed by atoms with E-state index in [0.29, 0.717) is 37.6 Å². The number of carbonyl (C=O) groups is 3. The number of likely N-dealkylation sites (tertiary alicyclic amines) is 2. The predicted molar refractivity (Wildman–Crippen MR) is 165 cm³/mol. The molecule has 4 amide bonds. The highest BCUT2D eigenvalue weighted by Gasteiger charge is 2.41. The van der Waals surface area contributed by atoms with Crippen LogP contribution in [0, 0.1) is 17.7 Å². The quantitative estimate of drug-likeness (QED) is 0.421. The number of aryl methyl sites for hydroxylation is 1. The summed E-state index contributed by atoms with van der Waals surface area (Å²) in [7, 11) is 1.73. The Balaban J connectivity index is 1.29. The predicted octanol–water partition coefficient (Wildman–Crippen LogP) is 4.24. The highest BCUT2D eigenvalue weighted by molar-refractivity contribution is 5.91. The van der Waals surface area contributed by atoms with E-state index in [2.05, 4.69) is 26.2 Å². The van der Waals surface area contributed by atoms with Crippen molar-refractivity contribution in [2.45, 2.75) is 58.1 Å². The fraction of sp³-hybridized carbons (Fsp3) is 0.500. The summed E-state index contributed by atoms with van der Waals surface area (Å²) in [6, 6.07) is 12.7. The van der Waals surface area contributed by atoms with Crippen LogP contribution in [-0.2, 0) is 23.0 Å². The lowest BCUT2D eigenvalue weighted by molar-refractivity contribution is -0.140. The van der Waals surface area contributed by atoms with Gasteiger partial charge in [0, 0.05) is 50.5 Å².